The molecule has 4 fully saturated rings. The van der Waals surface area contributed by atoms with E-state index < -0.39 is 5.60 Å². The Morgan fingerprint density at radius 3 is 2.86 bits per heavy atom. The van der Waals surface area contributed by atoms with E-state index in [1.54, 1.807) is 12.1 Å². The smallest absolute Gasteiger partial charge is 0.254 e. The summed E-state index contributed by atoms with van der Waals surface area (Å²) >= 11 is 6.08. The molecule has 5 rings (SSSR count). The first-order valence-corrected chi connectivity index (χ1v) is 7.99. The number of hydrogen-bond donors (Lipinski definition) is 2. The summed E-state index contributed by atoms with van der Waals surface area (Å²) in [7, 11) is 0. The lowest BCUT2D eigenvalue weighted by molar-refractivity contribution is -0.0192. The van der Waals surface area contributed by atoms with E-state index in [2.05, 4.69) is 10.3 Å². The molecule has 0 aromatic carbocycles. The SMILES string of the molecule is Cc1ccc(C(=O)N[C@@H]2[C@@H]3CC4C[C@@](O)(C3)C[C@H]42)c(Cl)n1. The molecule has 1 aromatic rings. The lowest BCUT2D eigenvalue weighted by Crippen LogP contribution is -2.48. The van der Waals surface area contributed by atoms with Gasteiger partial charge in [-0.05, 0) is 62.5 Å². The van der Waals surface area contributed by atoms with E-state index >= 15 is 0 Å². The molecule has 1 unspecified atom stereocenters. The van der Waals surface area contributed by atoms with Crippen molar-refractivity contribution in [3.8, 4) is 0 Å². The van der Waals surface area contributed by atoms with E-state index in [9.17, 15) is 9.90 Å². The number of aromatic nitrogens is 1. The highest BCUT2D eigenvalue weighted by atomic mass is 35.5. The number of carbonyl (C=O) groups is 1. The maximum atomic E-state index is 12.5. The van der Waals surface area contributed by atoms with E-state index in [0.717, 1.165) is 31.4 Å². The molecule has 4 nitrogen and oxygen atoms in total. The van der Waals surface area contributed by atoms with Crippen LogP contribution in [-0.4, -0.2) is 27.6 Å². The van der Waals surface area contributed by atoms with Crippen LogP contribution in [0.1, 0.15) is 41.7 Å². The number of pyridine rings is 1. The van der Waals surface area contributed by atoms with Crippen molar-refractivity contribution in [2.24, 2.45) is 17.8 Å². The number of carbonyl (C=O) groups excluding carboxylic acids is 1. The molecule has 112 valence electrons. The highest BCUT2D eigenvalue weighted by Gasteiger charge is 2.60. The first-order valence-electron chi connectivity index (χ1n) is 7.62. The van der Waals surface area contributed by atoms with Crippen LogP contribution in [0.25, 0.3) is 0 Å². The molecular formula is C16H19ClN2O2. The third-order valence-corrected chi connectivity index (χ3v) is 5.90. The lowest BCUT2D eigenvalue weighted by atomic mass is 9.76. The highest BCUT2D eigenvalue weighted by Crippen LogP contribution is 2.59. The molecule has 0 saturated heterocycles. The van der Waals surface area contributed by atoms with Gasteiger partial charge in [-0.2, -0.15) is 0 Å². The van der Waals surface area contributed by atoms with Crippen LogP contribution in [0.5, 0.6) is 0 Å². The third kappa shape index (κ3) is 2.08. The van der Waals surface area contributed by atoms with Gasteiger partial charge in [0.05, 0.1) is 11.2 Å². The Morgan fingerprint density at radius 2 is 2.14 bits per heavy atom. The Bertz CT molecular complexity index is 616. The van der Waals surface area contributed by atoms with Crippen LogP contribution in [0.2, 0.25) is 5.15 Å². The van der Waals surface area contributed by atoms with Crippen LogP contribution in [-0.2, 0) is 0 Å². The summed E-state index contributed by atoms with van der Waals surface area (Å²) in [4.78, 5) is 16.6. The van der Waals surface area contributed by atoms with Gasteiger partial charge in [-0.3, -0.25) is 4.79 Å². The van der Waals surface area contributed by atoms with Crippen molar-refractivity contribution in [2.45, 2.75) is 44.2 Å². The van der Waals surface area contributed by atoms with Crippen LogP contribution < -0.4 is 5.32 Å². The van der Waals surface area contributed by atoms with Gasteiger partial charge in [-0.25, -0.2) is 4.98 Å². The van der Waals surface area contributed by atoms with Gasteiger partial charge in [-0.15, -0.1) is 0 Å². The fraction of sp³-hybridized carbons (Fsp3) is 0.625. The fourth-order valence-corrected chi connectivity index (χ4v) is 5.19. The second-order valence-electron chi connectivity index (χ2n) is 7.05. The van der Waals surface area contributed by atoms with Crippen LogP contribution in [0, 0.1) is 24.7 Å². The number of aliphatic hydroxyl groups is 1. The lowest BCUT2D eigenvalue weighted by Gasteiger charge is -2.38. The minimum absolute atomic E-state index is 0.138. The van der Waals surface area contributed by atoms with Gasteiger partial charge in [0.1, 0.15) is 5.15 Å². The molecule has 4 aliphatic carbocycles. The van der Waals surface area contributed by atoms with E-state index in [4.69, 9.17) is 11.6 Å². The normalized spacial score (nSPS) is 39.8. The Hall–Kier alpha value is -1.13. The summed E-state index contributed by atoms with van der Waals surface area (Å²) in [5.74, 6) is 1.27. The molecule has 0 aliphatic heterocycles. The predicted molar refractivity (Wildman–Crippen MR) is 79.1 cm³/mol. The fourth-order valence-electron chi connectivity index (χ4n) is 4.90. The molecular weight excluding hydrogens is 288 g/mol. The van der Waals surface area contributed by atoms with Crippen molar-refractivity contribution < 1.29 is 9.90 Å². The van der Waals surface area contributed by atoms with Crippen LogP contribution in [0.15, 0.2) is 12.1 Å². The molecule has 5 atom stereocenters. The molecule has 4 bridgehead atoms. The first kappa shape index (κ1) is 13.5. The van der Waals surface area contributed by atoms with Gasteiger partial charge in [-0.1, -0.05) is 11.6 Å². The molecule has 1 heterocycles. The average Bonchev–Trinajstić information content (AvgIpc) is 2.76. The zero-order valence-electron chi connectivity index (χ0n) is 12.0. The number of nitrogens with one attached hydrogen (secondary N) is 1. The summed E-state index contributed by atoms with van der Waals surface area (Å²) in [6.45, 7) is 1.85. The largest absolute Gasteiger partial charge is 0.390 e. The number of hydrogen-bond acceptors (Lipinski definition) is 3. The van der Waals surface area contributed by atoms with Crippen LogP contribution in [0.3, 0.4) is 0 Å². The third-order valence-electron chi connectivity index (χ3n) is 5.61. The molecule has 4 saturated carbocycles. The molecule has 2 N–H and O–H groups in total. The topological polar surface area (TPSA) is 62.2 Å². The molecule has 0 spiro atoms. The maximum absolute atomic E-state index is 12.5. The molecule has 1 aromatic heterocycles. The summed E-state index contributed by atoms with van der Waals surface area (Å²) in [5.41, 5.74) is 0.790. The van der Waals surface area contributed by atoms with Gasteiger partial charge in [0.25, 0.3) is 5.91 Å². The number of nitrogens with zero attached hydrogens (tertiary/aromatic N) is 1. The minimum Gasteiger partial charge on any atom is -0.390 e. The number of rotatable bonds is 2. The molecule has 1 amide bonds. The zero-order chi connectivity index (χ0) is 14.8. The Morgan fingerprint density at radius 1 is 1.38 bits per heavy atom. The molecule has 5 heteroatoms. The van der Waals surface area contributed by atoms with Crippen molar-refractivity contribution in [1.82, 2.24) is 10.3 Å². The van der Waals surface area contributed by atoms with Gasteiger partial charge in [0, 0.05) is 11.7 Å². The number of amides is 1. The second kappa shape index (κ2) is 4.43. The quantitative estimate of drug-likeness (QED) is 0.824. The Balaban J connectivity index is 1.53. The summed E-state index contributed by atoms with van der Waals surface area (Å²) in [6.07, 6.45) is 3.70. The van der Waals surface area contributed by atoms with E-state index in [0.29, 0.717) is 23.3 Å². The zero-order valence-corrected chi connectivity index (χ0v) is 12.7. The van der Waals surface area contributed by atoms with Crippen LogP contribution >= 0.6 is 11.6 Å². The van der Waals surface area contributed by atoms with Crippen molar-refractivity contribution >= 4 is 17.5 Å². The molecule has 4 aliphatic rings. The highest BCUT2D eigenvalue weighted by molar-refractivity contribution is 6.32. The van der Waals surface area contributed by atoms with Crippen molar-refractivity contribution in [3.05, 3.63) is 28.5 Å². The number of aryl methyl sites for hydroxylation is 1. The predicted octanol–water partition coefficient (Wildman–Crippen LogP) is 2.32. The number of halogens is 1. The monoisotopic (exact) mass is 306 g/mol. The summed E-state index contributed by atoms with van der Waals surface area (Å²) in [6, 6.07) is 3.72. The standard InChI is InChI=1S/C16H19ClN2O2/c1-8-2-3-11(14(17)18-8)15(20)19-13-10-4-9-5-16(21,6-10)7-12(9)13/h2-3,9-10,12-13,21H,4-7H2,1H3,(H,19,20)/t9?,10-,12-,13-,16-/m1/s1. The average molecular weight is 307 g/mol. The van der Waals surface area contributed by atoms with Crippen LogP contribution in [0.4, 0.5) is 0 Å². The molecule has 0 radical (unpaired) electrons. The van der Waals surface area contributed by atoms with E-state index in [1.165, 1.54) is 0 Å². The van der Waals surface area contributed by atoms with E-state index in [1.807, 2.05) is 6.92 Å². The van der Waals surface area contributed by atoms with Gasteiger partial charge in [0.15, 0.2) is 0 Å². The first-order chi connectivity index (χ1) is 9.95. The second-order valence-corrected chi connectivity index (χ2v) is 7.40. The maximum Gasteiger partial charge on any atom is 0.254 e. The van der Waals surface area contributed by atoms with Crippen molar-refractivity contribution in [3.63, 3.8) is 0 Å². The summed E-state index contributed by atoms with van der Waals surface area (Å²) in [5, 5.41) is 13.8. The van der Waals surface area contributed by atoms with Gasteiger partial charge in [0.2, 0.25) is 0 Å². The minimum atomic E-state index is -0.456. The molecule has 21 heavy (non-hydrogen) atoms. The van der Waals surface area contributed by atoms with Gasteiger partial charge < -0.3 is 10.4 Å². The Kier molecular flexibility index (Phi) is 2.86. The Labute approximate surface area is 128 Å². The van der Waals surface area contributed by atoms with Gasteiger partial charge >= 0.3 is 0 Å². The summed E-state index contributed by atoms with van der Waals surface area (Å²) < 4.78 is 0. The van der Waals surface area contributed by atoms with E-state index in [-0.39, 0.29) is 17.1 Å². The van der Waals surface area contributed by atoms with Crippen molar-refractivity contribution in [1.29, 1.82) is 0 Å². The van der Waals surface area contributed by atoms with Crippen molar-refractivity contribution in [2.75, 3.05) is 0 Å².